The minimum Gasteiger partial charge on any atom is -0.406 e. The molecule has 0 aromatic heterocycles. The Kier molecular flexibility index (Phi) is 6.78. The molecule has 0 saturated heterocycles. The highest BCUT2D eigenvalue weighted by atomic mass is 19.4. The van der Waals surface area contributed by atoms with E-state index in [1.54, 1.807) is 24.3 Å². The number of carbonyl (C=O) groups excluding carboxylic acids is 2. The largest absolute Gasteiger partial charge is 0.573 e. The summed E-state index contributed by atoms with van der Waals surface area (Å²) >= 11 is 0. The predicted molar refractivity (Wildman–Crippen MR) is 92.4 cm³/mol. The first-order valence-electron chi connectivity index (χ1n) is 7.78. The molecule has 2 rings (SSSR count). The smallest absolute Gasteiger partial charge is 0.406 e. The molecule has 0 atom stereocenters. The number of carbonyl (C=O) groups is 2. The van der Waals surface area contributed by atoms with Gasteiger partial charge in [0.1, 0.15) is 12.4 Å². The first-order valence-corrected chi connectivity index (χ1v) is 7.78. The summed E-state index contributed by atoms with van der Waals surface area (Å²) in [6.07, 6.45) is -4.80. The number of hydrogen-bond donors (Lipinski definition) is 2. The standard InChI is InChI=1S/C18H17F3N2O4/c1-26-11-17(25)23-14-4-2-3-13(10-14)22-16(24)9-12-5-7-15(8-6-12)27-18(19,20)21/h2-8,10H,9,11H2,1H3,(H,22,24)(H,23,25). The Morgan fingerprint density at radius 3 is 2.11 bits per heavy atom. The lowest BCUT2D eigenvalue weighted by molar-refractivity contribution is -0.274. The van der Waals surface area contributed by atoms with Crippen LogP contribution in [0.25, 0.3) is 0 Å². The van der Waals surface area contributed by atoms with Gasteiger partial charge in [0.2, 0.25) is 11.8 Å². The first-order chi connectivity index (χ1) is 12.7. The van der Waals surface area contributed by atoms with Crippen molar-refractivity contribution in [3.05, 3.63) is 54.1 Å². The number of anilines is 2. The van der Waals surface area contributed by atoms with Crippen LogP contribution in [0.4, 0.5) is 24.5 Å². The number of nitrogens with one attached hydrogen (secondary N) is 2. The minimum atomic E-state index is -4.76. The summed E-state index contributed by atoms with van der Waals surface area (Å²) in [6, 6.07) is 11.6. The van der Waals surface area contributed by atoms with Crippen molar-refractivity contribution >= 4 is 23.2 Å². The Hall–Kier alpha value is -3.07. The maximum Gasteiger partial charge on any atom is 0.573 e. The lowest BCUT2D eigenvalue weighted by atomic mass is 10.1. The number of amides is 2. The lowest BCUT2D eigenvalue weighted by Gasteiger charge is -2.10. The normalized spacial score (nSPS) is 11.0. The molecule has 0 spiro atoms. The molecule has 0 heterocycles. The van der Waals surface area contributed by atoms with Crippen molar-refractivity contribution < 1.29 is 32.2 Å². The molecule has 0 bridgehead atoms. The molecule has 0 aliphatic heterocycles. The lowest BCUT2D eigenvalue weighted by Crippen LogP contribution is -2.18. The molecule has 0 fully saturated rings. The third kappa shape index (κ3) is 7.37. The number of methoxy groups -OCH3 is 1. The van der Waals surface area contributed by atoms with Gasteiger partial charge in [0.25, 0.3) is 0 Å². The van der Waals surface area contributed by atoms with Crippen molar-refractivity contribution in [1.29, 1.82) is 0 Å². The molecule has 9 heteroatoms. The molecule has 2 aromatic carbocycles. The number of hydrogen-bond acceptors (Lipinski definition) is 4. The zero-order valence-electron chi connectivity index (χ0n) is 14.3. The van der Waals surface area contributed by atoms with Crippen molar-refractivity contribution in [2.24, 2.45) is 0 Å². The van der Waals surface area contributed by atoms with Crippen LogP contribution in [-0.4, -0.2) is 31.9 Å². The second-order valence-corrected chi connectivity index (χ2v) is 5.48. The van der Waals surface area contributed by atoms with E-state index in [9.17, 15) is 22.8 Å². The van der Waals surface area contributed by atoms with Crippen molar-refractivity contribution in [3.63, 3.8) is 0 Å². The summed E-state index contributed by atoms with van der Waals surface area (Å²) < 4.78 is 44.9. The Morgan fingerprint density at radius 2 is 1.56 bits per heavy atom. The van der Waals surface area contributed by atoms with Gasteiger partial charge in [0.05, 0.1) is 6.42 Å². The van der Waals surface area contributed by atoms with Crippen molar-refractivity contribution in [2.75, 3.05) is 24.4 Å². The monoisotopic (exact) mass is 382 g/mol. The Balaban J connectivity index is 1.92. The van der Waals surface area contributed by atoms with E-state index in [0.29, 0.717) is 16.9 Å². The van der Waals surface area contributed by atoms with Gasteiger partial charge in [-0.05, 0) is 35.9 Å². The fraction of sp³-hybridized carbons (Fsp3) is 0.222. The molecule has 2 amide bonds. The second-order valence-electron chi connectivity index (χ2n) is 5.48. The number of halogens is 3. The Labute approximate surface area is 153 Å². The third-order valence-corrected chi connectivity index (χ3v) is 3.23. The van der Waals surface area contributed by atoms with Gasteiger partial charge in [-0.1, -0.05) is 18.2 Å². The van der Waals surface area contributed by atoms with E-state index >= 15 is 0 Å². The number of ether oxygens (including phenoxy) is 2. The highest BCUT2D eigenvalue weighted by Gasteiger charge is 2.30. The third-order valence-electron chi connectivity index (χ3n) is 3.23. The molecule has 144 valence electrons. The fourth-order valence-electron chi connectivity index (χ4n) is 2.20. The summed E-state index contributed by atoms with van der Waals surface area (Å²) in [4.78, 5) is 23.6. The van der Waals surface area contributed by atoms with Crippen molar-refractivity contribution in [1.82, 2.24) is 0 Å². The predicted octanol–water partition coefficient (Wildman–Crippen LogP) is 3.35. The molecular formula is C18H17F3N2O4. The Bertz CT molecular complexity index is 792. The molecule has 27 heavy (non-hydrogen) atoms. The summed E-state index contributed by atoms with van der Waals surface area (Å²) in [5.74, 6) is -1.05. The molecule has 0 unspecified atom stereocenters. The number of alkyl halides is 3. The topological polar surface area (TPSA) is 76.7 Å². The van der Waals surface area contributed by atoms with E-state index in [1.807, 2.05) is 0 Å². The van der Waals surface area contributed by atoms with Gasteiger partial charge in [-0.2, -0.15) is 0 Å². The maximum absolute atomic E-state index is 12.1. The van der Waals surface area contributed by atoms with Gasteiger partial charge in [-0.3, -0.25) is 9.59 Å². The van der Waals surface area contributed by atoms with Crippen LogP contribution < -0.4 is 15.4 Å². The van der Waals surface area contributed by atoms with Crippen LogP contribution in [0, 0.1) is 0 Å². The SMILES string of the molecule is COCC(=O)Nc1cccc(NC(=O)Cc2ccc(OC(F)(F)F)cc2)c1. The molecule has 0 saturated carbocycles. The van der Waals surface area contributed by atoms with Gasteiger partial charge >= 0.3 is 6.36 Å². The van der Waals surface area contributed by atoms with Crippen molar-refractivity contribution in [3.8, 4) is 5.75 Å². The highest BCUT2D eigenvalue weighted by molar-refractivity contribution is 5.95. The van der Waals surface area contributed by atoms with Crippen LogP contribution >= 0.6 is 0 Å². The van der Waals surface area contributed by atoms with E-state index in [1.165, 1.54) is 19.2 Å². The van der Waals surface area contributed by atoms with E-state index in [0.717, 1.165) is 12.1 Å². The quantitative estimate of drug-likeness (QED) is 0.770. The molecule has 6 nitrogen and oxygen atoms in total. The Morgan fingerprint density at radius 1 is 0.963 bits per heavy atom. The van der Waals surface area contributed by atoms with E-state index in [4.69, 9.17) is 4.74 Å². The first kappa shape index (κ1) is 20.2. The van der Waals surface area contributed by atoms with Gasteiger partial charge in [-0.25, -0.2) is 0 Å². The number of benzene rings is 2. The molecular weight excluding hydrogens is 365 g/mol. The van der Waals surface area contributed by atoms with Crippen LogP contribution in [0.1, 0.15) is 5.56 Å². The van der Waals surface area contributed by atoms with Gasteiger partial charge in [0, 0.05) is 18.5 Å². The number of rotatable bonds is 7. The zero-order valence-corrected chi connectivity index (χ0v) is 14.3. The highest BCUT2D eigenvalue weighted by Crippen LogP contribution is 2.23. The molecule has 0 aliphatic carbocycles. The van der Waals surface area contributed by atoms with E-state index < -0.39 is 6.36 Å². The van der Waals surface area contributed by atoms with Crippen molar-refractivity contribution in [2.45, 2.75) is 12.8 Å². The molecule has 0 radical (unpaired) electrons. The van der Waals surface area contributed by atoms with Crippen LogP contribution in [0.2, 0.25) is 0 Å². The fourth-order valence-corrected chi connectivity index (χ4v) is 2.20. The average Bonchev–Trinajstić information content (AvgIpc) is 2.56. The van der Waals surface area contributed by atoms with Crippen LogP contribution in [0.15, 0.2) is 48.5 Å². The summed E-state index contributed by atoms with van der Waals surface area (Å²) in [5.41, 5.74) is 1.47. The van der Waals surface area contributed by atoms with E-state index in [-0.39, 0.29) is 30.6 Å². The summed E-state index contributed by atoms with van der Waals surface area (Å²) in [6.45, 7) is -0.0926. The van der Waals surface area contributed by atoms with Gasteiger partial charge in [0.15, 0.2) is 0 Å². The minimum absolute atomic E-state index is 0.0352. The zero-order chi connectivity index (χ0) is 19.9. The molecule has 0 aliphatic rings. The summed E-state index contributed by atoms with van der Waals surface area (Å²) in [7, 11) is 1.40. The molecule has 2 N–H and O–H groups in total. The van der Waals surface area contributed by atoms with Gasteiger partial charge < -0.3 is 20.1 Å². The maximum atomic E-state index is 12.1. The van der Waals surface area contributed by atoms with Gasteiger partial charge in [-0.15, -0.1) is 13.2 Å². The van der Waals surface area contributed by atoms with Crippen LogP contribution in [-0.2, 0) is 20.7 Å². The summed E-state index contributed by atoms with van der Waals surface area (Å²) in [5, 5.41) is 5.27. The van der Waals surface area contributed by atoms with Crippen LogP contribution in [0.3, 0.4) is 0 Å². The van der Waals surface area contributed by atoms with E-state index in [2.05, 4.69) is 15.4 Å². The second kappa shape index (κ2) is 9.04. The van der Waals surface area contributed by atoms with Crippen LogP contribution in [0.5, 0.6) is 5.75 Å². The molecule has 2 aromatic rings. The average molecular weight is 382 g/mol.